The van der Waals surface area contributed by atoms with Crippen LogP contribution < -0.4 is 10.1 Å². The molecule has 172 valence electrons. The van der Waals surface area contributed by atoms with Gasteiger partial charge in [0.2, 0.25) is 0 Å². The van der Waals surface area contributed by atoms with Gasteiger partial charge < -0.3 is 14.8 Å². The summed E-state index contributed by atoms with van der Waals surface area (Å²) in [5.74, 6) is 2.22. The molecular weight excluding hydrogens is 416 g/mol. The second-order valence-corrected chi connectivity index (χ2v) is 8.67. The number of rotatable bonds is 8. The third-order valence-corrected chi connectivity index (χ3v) is 5.97. The number of fused-ring (bicyclic) bond motifs is 1. The summed E-state index contributed by atoms with van der Waals surface area (Å²) in [5.41, 5.74) is 4.74. The van der Waals surface area contributed by atoms with Crippen LogP contribution in [0.25, 0.3) is 22.0 Å². The highest BCUT2D eigenvalue weighted by Gasteiger charge is 2.18. The number of aryl methyl sites for hydroxylation is 1. The van der Waals surface area contributed by atoms with Crippen molar-refractivity contribution in [3.8, 4) is 16.9 Å². The lowest BCUT2D eigenvalue weighted by molar-refractivity contribution is 0.0343. The first-order valence-corrected chi connectivity index (χ1v) is 10.9. The molecular formula is C25H30N6O2. The molecule has 0 unspecified atom stereocenters. The predicted molar refractivity (Wildman–Crippen MR) is 130 cm³/mol. The van der Waals surface area contributed by atoms with E-state index >= 15 is 0 Å². The van der Waals surface area contributed by atoms with Crippen molar-refractivity contribution < 1.29 is 9.47 Å². The molecule has 0 aliphatic heterocycles. The summed E-state index contributed by atoms with van der Waals surface area (Å²) in [6.07, 6.45) is 6.02. The van der Waals surface area contributed by atoms with Crippen molar-refractivity contribution in [1.82, 2.24) is 24.7 Å². The number of pyridine rings is 1. The van der Waals surface area contributed by atoms with Crippen molar-refractivity contribution in [1.29, 1.82) is 0 Å². The number of anilines is 1. The van der Waals surface area contributed by atoms with Crippen LogP contribution in [0, 0.1) is 6.92 Å². The topological polar surface area (TPSA) is 87.0 Å². The van der Waals surface area contributed by atoms with Crippen molar-refractivity contribution in [2.24, 2.45) is 7.05 Å². The minimum Gasteiger partial charge on any atom is -0.496 e. The van der Waals surface area contributed by atoms with Crippen LogP contribution in [0.4, 0.5) is 5.82 Å². The lowest BCUT2D eigenvalue weighted by Gasteiger charge is -2.23. The second-order valence-electron chi connectivity index (χ2n) is 8.67. The average Bonchev–Trinajstić information content (AvgIpc) is 3.16. The maximum atomic E-state index is 5.70. The summed E-state index contributed by atoms with van der Waals surface area (Å²) in [4.78, 5) is 13.9. The number of methoxy groups -OCH3 is 2. The summed E-state index contributed by atoms with van der Waals surface area (Å²) < 4.78 is 13.1. The van der Waals surface area contributed by atoms with E-state index < -0.39 is 0 Å². The normalized spacial score (nSPS) is 11.7. The summed E-state index contributed by atoms with van der Waals surface area (Å²) in [7, 11) is 5.33. The van der Waals surface area contributed by atoms with Crippen molar-refractivity contribution in [2.75, 3.05) is 26.1 Å². The minimum atomic E-state index is -0.318. The average molecular weight is 447 g/mol. The molecule has 4 rings (SSSR count). The van der Waals surface area contributed by atoms with E-state index in [0.717, 1.165) is 44.9 Å². The van der Waals surface area contributed by atoms with E-state index in [0.29, 0.717) is 18.8 Å². The third kappa shape index (κ3) is 4.80. The number of aromatic nitrogens is 5. The number of ether oxygens (including phenoxy) is 2. The van der Waals surface area contributed by atoms with Crippen LogP contribution in [-0.2, 0) is 18.2 Å². The molecule has 0 spiro atoms. The van der Waals surface area contributed by atoms with E-state index in [9.17, 15) is 0 Å². The lowest BCUT2D eigenvalue weighted by Crippen LogP contribution is -2.32. The number of hydrogen-bond donors (Lipinski definition) is 1. The van der Waals surface area contributed by atoms with Gasteiger partial charge >= 0.3 is 0 Å². The van der Waals surface area contributed by atoms with Gasteiger partial charge in [-0.3, -0.25) is 4.68 Å². The molecule has 0 aliphatic rings. The lowest BCUT2D eigenvalue weighted by atomic mass is 10.0. The van der Waals surface area contributed by atoms with E-state index in [1.54, 1.807) is 20.4 Å². The molecule has 0 amide bonds. The van der Waals surface area contributed by atoms with E-state index in [2.05, 4.69) is 39.4 Å². The Morgan fingerprint density at radius 1 is 1.09 bits per heavy atom. The van der Waals surface area contributed by atoms with Crippen molar-refractivity contribution in [3.63, 3.8) is 0 Å². The van der Waals surface area contributed by atoms with Gasteiger partial charge in [-0.05, 0) is 38.5 Å². The highest BCUT2D eigenvalue weighted by molar-refractivity contribution is 5.87. The molecule has 3 heterocycles. The third-order valence-electron chi connectivity index (χ3n) is 5.97. The molecule has 3 aromatic heterocycles. The summed E-state index contributed by atoms with van der Waals surface area (Å²) >= 11 is 0. The Bertz CT molecular complexity index is 1280. The number of benzene rings is 1. The number of hydrogen-bond acceptors (Lipinski definition) is 7. The fourth-order valence-electron chi connectivity index (χ4n) is 3.59. The number of nitrogens with one attached hydrogen (secondary N) is 1. The Morgan fingerprint density at radius 3 is 2.61 bits per heavy atom. The fraction of sp³-hybridized carbons (Fsp3) is 0.360. The van der Waals surface area contributed by atoms with Crippen LogP contribution in [0.5, 0.6) is 5.75 Å². The molecule has 8 heteroatoms. The zero-order valence-corrected chi connectivity index (χ0v) is 20.0. The van der Waals surface area contributed by atoms with E-state index in [1.807, 2.05) is 50.1 Å². The zero-order valence-electron chi connectivity index (χ0n) is 20.0. The van der Waals surface area contributed by atoms with Crippen molar-refractivity contribution in [2.45, 2.75) is 32.8 Å². The molecule has 0 radical (unpaired) electrons. The summed E-state index contributed by atoms with van der Waals surface area (Å²) in [6.45, 7) is 6.71. The molecule has 8 nitrogen and oxygen atoms in total. The summed E-state index contributed by atoms with van der Waals surface area (Å²) in [5, 5.41) is 8.64. The van der Waals surface area contributed by atoms with E-state index in [4.69, 9.17) is 14.5 Å². The van der Waals surface area contributed by atoms with Gasteiger partial charge in [-0.15, -0.1) is 0 Å². The fourth-order valence-corrected chi connectivity index (χ4v) is 3.59. The van der Waals surface area contributed by atoms with Crippen LogP contribution in [0.2, 0.25) is 0 Å². The van der Waals surface area contributed by atoms with Gasteiger partial charge in [-0.25, -0.2) is 15.0 Å². The van der Waals surface area contributed by atoms with E-state index in [-0.39, 0.29) is 5.60 Å². The van der Waals surface area contributed by atoms with E-state index in [1.165, 1.54) is 0 Å². The highest BCUT2D eigenvalue weighted by atomic mass is 16.5. The largest absolute Gasteiger partial charge is 0.496 e. The second kappa shape index (κ2) is 9.15. The zero-order chi connectivity index (χ0) is 23.6. The number of nitrogens with zero attached hydrogens (tertiary/aromatic N) is 5. The molecule has 0 fully saturated rings. The maximum absolute atomic E-state index is 5.70. The summed E-state index contributed by atoms with van der Waals surface area (Å²) in [6, 6.07) is 8.11. The van der Waals surface area contributed by atoms with Gasteiger partial charge in [0.15, 0.2) is 5.82 Å². The van der Waals surface area contributed by atoms with Crippen molar-refractivity contribution in [3.05, 3.63) is 59.9 Å². The molecule has 4 aromatic rings. The molecule has 0 atom stereocenters. The Balaban J connectivity index is 1.63. The molecule has 1 N–H and O–H groups in total. The van der Waals surface area contributed by atoms with Gasteiger partial charge in [0.05, 0.1) is 18.9 Å². The Hall–Kier alpha value is -3.52. The molecule has 0 aliphatic carbocycles. The van der Waals surface area contributed by atoms with Crippen LogP contribution in [-0.4, -0.2) is 51.1 Å². The predicted octanol–water partition coefficient (Wildman–Crippen LogP) is 4.17. The molecule has 1 aromatic carbocycles. The Morgan fingerprint density at radius 2 is 1.91 bits per heavy atom. The Labute approximate surface area is 194 Å². The first-order chi connectivity index (χ1) is 15.8. The van der Waals surface area contributed by atoms with Gasteiger partial charge in [0, 0.05) is 61.7 Å². The SMILES string of the molecule is COc1cc(-c2cnn(C)c2C)ccc1Cc1ncc2ccnc(NCC(C)(C)OC)c2n1. The quantitative estimate of drug-likeness (QED) is 0.435. The smallest absolute Gasteiger partial charge is 0.152 e. The first kappa shape index (κ1) is 22.7. The molecule has 0 saturated heterocycles. The van der Waals surface area contributed by atoms with Crippen LogP contribution in [0.3, 0.4) is 0 Å². The molecule has 0 bridgehead atoms. The van der Waals surface area contributed by atoms with Crippen LogP contribution >= 0.6 is 0 Å². The van der Waals surface area contributed by atoms with Gasteiger partial charge in [-0.2, -0.15) is 5.10 Å². The monoisotopic (exact) mass is 446 g/mol. The minimum absolute atomic E-state index is 0.318. The van der Waals surface area contributed by atoms with Gasteiger partial charge in [-0.1, -0.05) is 12.1 Å². The van der Waals surface area contributed by atoms with Gasteiger partial charge in [0.25, 0.3) is 0 Å². The highest BCUT2D eigenvalue weighted by Crippen LogP contribution is 2.30. The molecule has 0 saturated carbocycles. The maximum Gasteiger partial charge on any atom is 0.152 e. The first-order valence-electron chi connectivity index (χ1n) is 10.9. The van der Waals surface area contributed by atoms with Crippen LogP contribution in [0.15, 0.2) is 42.9 Å². The van der Waals surface area contributed by atoms with Crippen molar-refractivity contribution >= 4 is 16.7 Å². The Kier molecular flexibility index (Phi) is 6.29. The molecule has 33 heavy (non-hydrogen) atoms. The van der Waals surface area contributed by atoms with Crippen LogP contribution in [0.1, 0.15) is 30.9 Å². The standard InChI is InChI=1S/C25H30N6O2/c1-16-20(14-29-31(16)4)17-7-8-18(21(11-17)32-5)12-22-27-13-19-9-10-26-24(23(19)30-22)28-15-25(2,3)33-6/h7-11,13-14H,12,15H2,1-6H3,(H,26,28). The van der Waals surface area contributed by atoms with Gasteiger partial charge in [0.1, 0.15) is 17.1 Å².